The second-order valence-electron chi connectivity index (χ2n) is 9.87. The van der Waals surface area contributed by atoms with E-state index in [2.05, 4.69) is 18.2 Å². The first kappa shape index (κ1) is 25.1. The largest absolute Gasteiger partial charge is 0.487 e. The van der Waals surface area contributed by atoms with Crippen molar-refractivity contribution in [3.05, 3.63) is 64.2 Å². The Morgan fingerprint density at radius 2 is 1.81 bits per heavy atom. The smallest absolute Gasteiger partial charge is 0.226 e. The zero-order chi connectivity index (χ0) is 25.4. The molecule has 2 heterocycles. The van der Waals surface area contributed by atoms with Crippen molar-refractivity contribution in [1.82, 2.24) is 0 Å². The van der Waals surface area contributed by atoms with Gasteiger partial charge in [-0.05, 0) is 54.0 Å². The van der Waals surface area contributed by atoms with Crippen LogP contribution < -0.4 is 4.74 Å². The summed E-state index contributed by atoms with van der Waals surface area (Å²) in [7, 11) is 0. The quantitative estimate of drug-likeness (QED) is 0.374. The molecule has 3 aliphatic rings. The number of nitriles is 1. The Balaban J connectivity index is 1.55. The molecule has 2 aromatic carbocycles. The van der Waals surface area contributed by atoms with Crippen LogP contribution >= 0.6 is 0 Å². The van der Waals surface area contributed by atoms with E-state index in [1.165, 1.54) is 30.5 Å². The van der Waals surface area contributed by atoms with Crippen molar-refractivity contribution < 1.29 is 39.7 Å². The van der Waals surface area contributed by atoms with Crippen LogP contribution in [0, 0.1) is 11.3 Å². The fraction of sp³-hybridized carbons (Fsp3) is 0.519. The maximum Gasteiger partial charge on any atom is 0.226 e. The Hall–Kier alpha value is -2.55. The van der Waals surface area contributed by atoms with E-state index in [9.17, 15) is 30.8 Å². The molecule has 1 aliphatic carbocycles. The van der Waals surface area contributed by atoms with Crippen LogP contribution in [0.5, 0.6) is 5.75 Å². The summed E-state index contributed by atoms with van der Waals surface area (Å²) in [4.78, 5) is 0. The highest BCUT2D eigenvalue weighted by Gasteiger charge is 2.55. The van der Waals surface area contributed by atoms with Crippen LogP contribution in [0.15, 0.2) is 36.4 Å². The van der Waals surface area contributed by atoms with Gasteiger partial charge < -0.3 is 39.7 Å². The van der Waals surface area contributed by atoms with Crippen molar-refractivity contribution in [2.75, 3.05) is 19.8 Å². The topological polar surface area (TPSA) is 153 Å². The van der Waals surface area contributed by atoms with Gasteiger partial charge in [0.05, 0.1) is 37.0 Å². The van der Waals surface area contributed by atoms with Crippen molar-refractivity contribution in [3.8, 4) is 11.8 Å². The molecule has 0 amide bonds. The summed E-state index contributed by atoms with van der Waals surface area (Å²) in [5.41, 5.74) is 3.13. The Morgan fingerprint density at radius 3 is 2.42 bits per heavy atom. The van der Waals surface area contributed by atoms with Gasteiger partial charge >= 0.3 is 0 Å². The lowest BCUT2D eigenvalue weighted by Gasteiger charge is -2.46. The first-order valence-electron chi connectivity index (χ1n) is 12.3. The molecule has 192 valence electrons. The highest BCUT2D eigenvalue weighted by atomic mass is 16.7. The Kier molecular flexibility index (Phi) is 7.03. The maximum absolute atomic E-state index is 11.6. The molecule has 5 N–H and O–H groups in total. The predicted octanol–water partition coefficient (Wildman–Crippen LogP) is 0.813. The lowest BCUT2D eigenvalue weighted by molar-refractivity contribution is -0.358. The molecule has 0 unspecified atom stereocenters. The number of hydrogen-bond donors (Lipinski definition) is 5. The lowest BCUT2D eigenvalue weighted by Crippen LogP contribution is -2.63. The maximum atomic E-state index is 11.6. The molecule has 9 nitrogen and oxygen atoms in total. The molecule has 0 aromatic heterocycles. The van der Waals surface area contributed by atoms with Crippen LogP contribution in [0.4, 0.5) is 0 Å². The molecule has 2 aliphatic heterocycles. The van der Waals surface area contributed by atoms with Gasteiger partial charge in [-0.15, -0.1) is 0 Å². The molecule has 3 fully saturated rings. The first-order chi connectivity index (χ1) is 17.3. The molecular formula is C27H31NO8. The van der Waals surface area contributed by atoms with Crippen LogP contribution in [-0.4, -0.2) is 75.9 Å². The normalized spacial score (nSPS) is 32.3. The SMILES string of the molecule is N#Cc1cc(O[C@H]2CCOC2)c([C@]2(O)O[C@H](CO)[C@@H](O)[C@H](O)[C@H]2O)cc1Cc1ccc(C2CC2)cc1. The van der Waals surface area contributed by atoms with Gasteiger partial charge in [0.1, 0.15) is 36.3 Å². The van der Waals surface area contributed by atoms with E-state index in [1.54, 1.807) is 0 Å². The van der Waals surface area contributed by atoms with Crippen molar-refractivity contribution in [2.24, 2.45) is 0 Å². The molecule has 1 saturated carbocycles. The number of hydrogen-bond acceptors (Lipinski definition) is 9. The molecule has 9 heteroatoms. The number of aliphatic hydroxyl groups excluding tert-OH is 4. The van der Waals surface area contributed by atoms with Gasteiger partial charge in [0.25, 0.3) is 0 Å². The van der Waals surface area contributed by atoms with E-state index >= 15 is 0 Å². The zero-order valence-electron chi connectivity index (χ0n) is 19.8. The third kappa shape index (κ3) is 4.74. The van der Waals surface area contributed by atoms with Crippen molar-refractivity contribution in [1.29, 1.82) is 5.26 Å². The highest BCUT2D eigenvalue weighted by Crippen LogP contribution is 2.43. The van der Waals surface area contributed by atoms with Gasteiger partial charge in [-0.2, -0.15) is 5.26 Å². The summed E-state index contributed by atoms with van der Waals surface area (Å²) in [6.45, 7) is 0.121. The first-order valence-corrected chi connectivity index (χ1v) is 12.3. The minimum atomic E-state index is -2.51. The van der Waals surface area contributed by atoms with Gasteiger partial charge in [-0.25, -0.2) is 0 Å². The molecular weight excluding hydrogens is 466 g/mol. The molecule has 2 saturated heterocycles. The summed E-state index contributed by atoms with van der Waals surface area (Å²) in [5, 5.41) is 62.6. The fourth-order valence-electron chi connectivity index (χ4n) is 4.96. The van der Waals surface area contributed by atoms with E-state index < -0.39 is 36.8 Å². The van der Waals surface area contributed by atoms with Crippen LogP contribution in [0.2, 0.25) is 0 Å². The number of aliphatic hydroxyl groups is 5. The Morgan fingerprint density at radius 1 is 1.06 bits per heavy atom. The van der Waals surface area contributed by atoms with Gasteiger partial charge in [0.15, 0.2) is 0 Å². The van der Waals surface area contributed by atoms with Crippen LogP contribution in [0.3, 0.4) is 0 Å². The average molecular weight is 498 g/mol. The molecule has 5 rings (SSSR count). The fourth-order valence-corrected chi connectivity index (χ4v) is 4.96. The van der Waals surface area contributed by atoms with E-state index in [0.717, 1.165) is 5.56 Å². The monoisotopic (exact) mass is 497 g/mol. The van der Waals surface area contributed by atoms with E-state index in [4.69, 9.17) is 14.2 Å². The summed E-state index contributed by atoms with van der Waals surface area (Å²) < 4.78 is 17.0. The second kappa shape index (κ2) is 10.1. The predicted molar refractivity (Wildman–Crippen MR) is 126 cm³/mol. The summed E-state index contributed by atoms with van der Waals surface area (Å²) in [5.74, 6) is -1.80. The minimum absolute atomic E-state index is 0.00472. The van der Waals surface area contributed by atoms with Gasteiger partial charge in [0, 0.05) is 6.42 Å². The summed E-state index contributed by atoms with van der Waals surface area (Å²) in [6.07, 6.45) is -3.69. The lowest BCUT2D eigenvalue weighted by atomic mass is 9.85. The summed E-state index contributed by atoms with van der Waals surface area (Å²) >= 11 is 0. The highest BCUT2D eigenvalue weighted by molar-refractivity contribution is 5.52. The van der Waals surface area contributed by atoms with Crippen LogP contribution in [-0.2, 0) is 21.7 Å². The van der Waals surface area contributed by atoms with Gasteiger partial charge in [0.2, 0.25) is 5.79 Å². The number of rotatable bonds is 7. The Labute approximate surface area is 209 Å². The van der Waals surface area contributed by atoms with Crippen molar-refractivity contribution in [2.45, 2.75) is 67.9 Å². The third-order valence-electron chi connectivity index (χ3n) is 7.28. The summed E-state index contributed by atoms with van der Waals surface area (Å²) in [6, 6.07) is 13.4. The van der Waals surface area contributed by atoms with Gasteiger partial charge in [-0.1, -0.05) is 24.3 Å². The second-order valence-corrected chi connectivity index (χ2v) is 9.87. The molecule has 6 atom stereocenters. The molecule has 2 aromatic rings. The molecule has 0 radical (unpaired) electrons. The van der Waals surface area contributed by atoms with E-state index in [1.807, 2.05) is 12.1 Å². The van der Waals surface area contributed by atoms with Crippen molar-refractivity contribution >= 4 is 0 Å². The zero-order valence-corrected chi connectivity index (χ0v) is 19.8. The number of ether oxygens (including phenoxy) is 3. The third-order valence-corrected chi connectivity index (χ3v) is 7.28. The molecule has 0 bridgehead atoms. The van der Waals surface area contributed by atoms with Crippen molar-refractivity contribution in [3.63, 3.8) is 0 Å². The van der Waals surface area contributed by atoms with Crippen LogP contribution in [0.25, 0.3) is 0 Å². The van der Waals surface area contributed by atoms with Gasteiger partial charge in [-0.3, -0.25) is 0 Å². The number of benzene rings is 2. The number of nitrogens with zero attached hydrogens (tertiary/aromatic N) is 1. The molecule has 36 heavy (non-hydrogen) atoms. The van der Waals surface area contributed by atoms with Crippen LogP contribution in [0.1, 0.15) is 53.0 Å². The van der Waals surface area contributed by atoms with E-state index in [-0.39, 0.29) is 17.4 Å². The minimum Gasteiger partial charge on any atom is -0.487 e. The standard InChI is InChI=1S/C27H31NO8/c28-12-19-11-22(35-20-7-8-34-14-20)21(27(33)26(32)25(31)24(30)23(13-29)36-27)10-18(19)9-15-1-3-16(4-2-15)17-5-6-17/h1-4,10-11,17,20,23-26,29-33H,5-9,13-14H2/t20-,23+,24+,25-,26+,27-/m0/s1. The molecule has 0 spiro atoms. The average Bonchev–Trinajstić information content (AvgIpc) is 3.62. The Bertz CT molecular complexity index is 1120. The van der Waals surface area contributed by atoms with E-state index in [0.29, 0.717) is 43.1 Å².